The molecule has 1 rings (SSSR count). The van der Waals surface area contributed by atoms with Gasteiger partial charge in [-0.05, 0) is 61.1 Å². The molecule has 0 atom stereocenters. The number of Topliss-reactive ketones (excluding diaryl/α,β-unsaturated/α-hetero) is 1. The van der Waals surface area contributed by atoms with Crippen molar-refractivity contribution in [2.45, 2.75) is 20.8 Å². The summed E-state index contributed by atoms with van der Waals surface area (Å²) in [5, 5.41) is 0. The molecule has 0 saturated heterocycles. The molecule has 0 unspecified atom stereocenters. The Morgan fingerprint density at radius 1 is 1.50 bits per heavy atom. The highest BCUT2D eigenvalue weighted by Gasteiger charge is 2.09. The van der Waals surface area contributed by atoms with Gasteiger partial charge in [0.2, 0.25) is 0 Å². The molecule has 0 spiro atoms. The molecule has 1 aromatic rings. The topological polar surface area (TPSA) is 26.3 Å². The van der Waals surface area contributed by atoms with Gasteiger partial charge in [-0.1, -0.05) is 0 Å². The Labute approximate surface area is 97.8 Å². The molecule has 0 aliphatic heterocycles. The standard InChI is InChI=1S/C11H13IO2/c1-4-14-11-7(2)5-9(8(3)13)6-10(11)12/h5-6H,4H2,1-3H3. The lowest BCUT2D eigenvalue weighted by Crippen LogP contribution is -2.00. The zero-order valence-corrected chi connectivity index (χ0v) is 10.7. The SMILES string of the molecule is CCOc1c(C)cc(C(C)=O)cc1I. The lowest BCUT2D eigenvalue weighted by molar-refractivity contribution is 0.101. The van der Waals surface area contributed by atoms with Crippen LogP contribution in [0.3, 0.4) is 0 Å². The van der Waals surface area contributed by atoms with Crippen molar-refractivity contribution >= 4 is 28.4 Å². The van der Waals surface area contributed by atoms with Crippen LogP contribution in [-0.2, 0) is 0 Å². The molecule has 0 radical (unpaired) electrons. The van der Waals surface area contributed by atoms with Crippen molar-refractivity contribution in [3.63, 3.8) is 0 Å². The quantitative estimate of drug-likeness (QED) is 0.633. The Morgan fingerprint density at radius 3 is 2.57 bits per heavy atom. The summed E-state index contributed by atoms with van der Waals surface area (Å²) in [6, 6.07) is 3.73. The summed E-state index contributed by atoms with van der Waals surface area (Å²) in [5.41, 5.74) is 1.76. The minimum atomic E-state index is 0.0917. The maximum Gasteiger partial charge on any atom is 0.159 e. The Bertz CT molecular complexity index is 335. The van der Waals surface area contributed by atoms with Crippen molar-refractivity contribution in [3.05, 3.63) is 26.8 Å². The Hall–Kier alpha value is -0.580. The second kappa shape index (κ2) is 4.77. The van der Waals surface area contributed by atoms with Crippen molar-refractivity contribution in [2.75, 3.05) is 6.61 Å². The molecule has 0 aliphatic rings. The molecular weight excluding hydrogens is 291 g/mol. The monoisotopic (exact) mass is 304 g/mol. The summed E-state index contributed by atoms with van der Waals surface area (Å²) in [5.74, 6) is 0.979. The van der Waals surface area contributed by atoms with Gasteiger partial charge in [0.15, 0.2) is 5.78 Å². The first-order chi connectivity index (χ1) is 6.56. The van der Waals surface area contributed by atoms with Crippen LogP contribution < -0.4 is 4.74 Å². The number of benzene rings is 1. The summed E-state index contributed by atoms with van der Waals surface area (Å²) in [4.78, 5) is 11.2. The fraction of sp³-hybridized carbons (Fsp3) is 0.364. The number of aryl methyl sites for hydroxylation is 1. The van der Waals surface area contributed by atoms with Gasteiger partial charge in [0.1, 0.15) is 5.75 Å². The molecule has 0 aliphatic carbocycles. The average molecular weight is 304 g/mol. The molecule has 1 aromatic carbocycles. The number of rotatable bonds is 3. The smallest absolute Gasteiger partial charge is 0.159 e. The number of carbonyl (C=O) groups is 1. The first-order valence-corrected chi connectivity index (χ1v) is 5.58. The predicted octanol–water partition coefficient (Wildman–Crippen LogP) is 3.20. The molecular formula is C11H13IO2. The molecule has 76 valence electrons. The van der Waals surface area contributed by atoms with E-state index in [1.165, 1.54) is 0 Å². The number of hydrogen-bond acceptors (Lipinski definition) is 2. The van der Waals surface area contributed by atoms with E-state index in [0.29, 0.717) is 6.61 Å². The highest BCUT2D eigenvalue weighted by Crippen LogP contribution is 2.27. The van der Waals surface area contributed by atoms with Crippen LogP contribution in [-0.4, -0.2) is 12.4 Å². The largest absolute Gasteiger partial charge is 0.492 e. The molecule has 3 heteroatoms. The van der Waals surface area contributed by atoms with Crippen LogP contribution in [0, 0.1) is 10.5 Å². The van der Waals surface area contributed by atoms with Gasteiger partial charge >= 0.3 is 0 Å². The van der Waals surface area contributed by atoms with Gasteiger partial charge < -0.3 is 4.74 Å². The van der Waals surface area contributed by atoms with Gasteiger partial charge in [-0.25, -0.2) is 0 Å². The zero-order chi connectivity index (χ0) is 10.7. The van der Waals surface area contributed by atoms with Crippen LogP contribution in [0.4, 0.5) is 0 Å². The third-order valence-corrected chi connectivity index (χ3v) is 2.73. The molecule has 0 aromatic heterocycles. The maximum absolute atomic E-state index is 11.2. The van der Waals surface area contributed by atoms with Crippen LogP contribution >= 0.6 is 22.6 Å². The molecule has 0 amide bonds. The normalized spacial score (nSPS) is 10.0. The van der Waals surface area contributed by atoms with E-state index in [-0.39, 0.29) is 5.78 Å². The molecule has 2 nitrogen and oxygen atoms in total. The van der Waals surface area contributed by atoms with E-state index in [9.17, 15) is 4.79 Å². The van der Waals surface area contributed by atoms with Gasteiger partial charge in [0.05, 0.1) is 10.2 Å². The van der Waals surface area contributed by atoms with E-state index in [1.54, 1.807) is 6.92 Å². The van der Waals surface area contributed by atoms with Crippen LogP contribution in [0.1, 0.15) is 29.8 Å². The van der Waals surface area contributed by atoms with E-state index in [2.05, 4.69) is 22.6 Å². The second-order valence-electron chi connectivity index (χ2n) is 3.09. The number of halogens is 1. The van der Waals surface area contributed by atoms with E-state index in [1.807, 2.05) is 26.0 Å². The lowest BCUT2D eigenvalue weighted by Gasteiger charge is -2.10. The van der Waals surface area contributed by atoms with Gasteiger partial charge in [-0.2, -0.15) is 0 Å². The summed E-state index contributed by atoms with van der Waals surface area (Å²) in [7, 11) is 0. The van der Waals surface area contributed by atoms with Crippen molar-refractivity contribution in [1.29, 1.82) is 0 Å². The molecule has 0 saturated carbocycles. The predicted molar refractivity (Wildman–Crippen MR) is 65.1 cm³/mol. The summed E-state index contributed by atoms with van der Waals surface area (Å²) in [6.45, 7) is 6.13. The second-order valence-corrected chi connectivity index (χ2v) is 4.26. The van der Waals surface area contributed by atoms with E-state index in [4.69, 9.17) is 4.74 Å². The molecule has 0 fully saturated rings. The molecule has 0 heterocycles. The minimum Gasteiger partial charge on any atom is -0.492 e. The fourth-order valence-corrected chi connectivity index (χ4v) is 2.18. The Morgan fingerprint density at radius 2 is 2.14 bits per heavy atom. The van der Waals surface area contributed by atoms with Crippen molar-refractivity contribution in [2.24, 2.45) is 0 Å². The third-order valence-electron chi connectivity index (χ3n) is 1.92. The van der Waals surface area contributed by atoms with Crippen molar-refractivity contribution in [3.8, 4) is 5.75 Å². The van der Waals surface area contributed by atoms with Crippen LogP contribution in [0.2, 0.25) is 0 Å². The molecule has 0 N–H and O–H groups in total. The third kappa shape index (κ3) is 2.47. The first-order valence-electron chi connectivity index (χ1n) is 4.50. The summed E-state index contributed by atoms with van der Waals surface area (Å²) < 4.78 is 6.48. The number of hydrogen-bond donors (Lipinski definition) is 0. The highest BCUT2D eigenvalue weighted by molar-refractivity contribution is 14.1. The van der Waals surface area contributed by atoms with Crippen molar-refractivity contribution < 1.29 is 9.53 Å². The zero-order valence-electron chi connectivity index (χ0n) is 8.56. The number of ketones is 1. The molecule has 0 bridgehead atoms. The van der Waals surface area contributed by atoms with Crippen LogP contribution in [0.25, 0.3) is 0 Å². The lowest BCUT2D eigenvalue weighted by atomic mass is 10.1. The van der Waals surface area contributed by atoms with Gasteiger partial charge in [-0.3, -0.25) is 4.79 Å². The van der Waals surface area contributed by atoms with E-state index in [0.717, 1.165) is 20.4 Å². The molecule has 14 heavy (non-hydrogen) atoms. The number of carbonyl (C=O) groups excluding carboxylic acids is 1. The van der Waals surface area contributed by atoms with Crippen LogP contribution in [0.15, 0.2) is 12.1 Å². The Balaban J connectivity index is 3.18. The first kappa shape index (κ1) is 11.5. The van der Waals surface area contributed by atoms with Gasteiger partial charge in [0.25, 0.3) is 0 Å². The van der Waals surface area contributed by atoms with Gasteiger partial charge in [0, 0.05) is 5.56 Å². The average Bonchev–Trinajstić information content (AvgIpc) is 2.10. The maximum atomic E-state index is 11.2. The van der Waals surface area contributed by atoms with Crippen molar-refractivity contribution in [1.82, 2.24) is 0 Å². The van der Waals surface area contributed by atoms with Crippen LogP contribution in [0.5, 0.6) is 5.75 Å². The van der Waals surface area contributed by atoms with Gasteiger partial charge in [-0.15, -0.1) is 0 Å². The fourth-order valence-electron chi connectivity index (χ4n) is 1.26. The summed E-state index contributed by atoms with van der Waals surface area (Å²) >= 11 is 2.19. The Kier molecular flexibility index (Phi) is 3.92. The van der Waals surface area contributed by atoms with E-state index < -0.39 is 0 Å². The number of ether oxygens (including phenoxy) is 1. The van der Waals surface area contributed by atoms with E-state index >= 15 is 0 Å². The highest BCUT2D eigenvalue weighted by atomic mass is 127. The minimum absolute atomic E-state index is 0.0917. The summed E-state index contributed by atoms with van der Waals surface area (Å²) in [6.07, 6.45) is 0.